The van der Waals surface area contributed by atoms with Crippen molar-refractivity contribution in [2.75, 3.05) is 18.1 Å². The minimum atomic E-state index is -2.99. The van der Waals surface area contributed by atoms with Crippen molar-refractivity contribution in [1.29, 1.82) is 0 Å². The van der Waals surface area contributed by atoms with Crippen molar-refractivity contribution in [1.82, 2.24) is 5.32 Å². The Balaban J connectivity index is 2.92. The molecular formula is C15H25NO2S. The van der Waals surface area contributed by atoms with Crippen LogP contribution in [0.15, 0.2) is 24.3 Å². The van der Waals surface area contributed by atoms with Gasteiger partial charge in [-0.1, -0.05) is 38.1 Å². The van der Waals surface area contributed by atoms with E-state index in [0.717, 1.165) is 24.1 Å². The van der Waals surface area contributed by atoms with Gasteiger partial charge in [-0.25, -0.2) is 8.42 Å². The zero-order valence-corrected chi connectivity index (χ0v) is 13.0. The Morgan fingerprint density at radius 2 is 1.84 bits per heavy atom. The normalized spacial score (nSPS) is 13.4. The Bertz CT molecular complexity index is 483. The lowest BCUT2D eigenvalue weighted by molar-refractivity contribution is 0.544. The second-order valence-corrected chi connectivity index (χ2v) is 7.21. The highest BCUT2D eigenvalue weighted by atomic mass is 32.2. The number of benzene rings is 1. The summed E-state index contributed by atoms with van der Waals surface area (Å²) >= 11 is 0. The van der Waals surface area contributed by atoms with E-state index in [1.807, 2.05) is 38.1 Å². The summed E-state index contributed by atoms with van der Waals surface area (Å²) in [5.41, 5.74) is 2.23. The number of hydrogen-bond acceptors (Lipinski definition) is 3. The molecule has 1 unspecified atom stereocenters. The molecule has 0 aliphatic rings. The zero-order chi connectivity index (χ0) is 14.3. The van der Waals surface area contributed by atoms with Gasteiger partial charge in [-0.05, 0) is 37.4 Å². The van der Waals surface area contributed by atoms with Crippen molar-refractivity contribution in [3.63, 3.8) is 0 Å². The van der Waals surface area contributed by atoms with Gasteiger partial charge < -0.3 is 5.32 Å². The first-order valence-corrected chi connectivity index (χ1v) is 8.81. The fraction of sp³-hybridized carbons (Fsp3) is 0.600. The van der Waals surface area contributed by atoms with Crippen molar-refractivity contribution in [2.45, 2.75) is 39.7 Å². The molecule has 4 heteroatoms. The van der Waals surface area contributed by atoms with Crippen LogP contribution in [0.3, 0.4) is 0 Å². The van der Waals surface area contributed by atoms with Gasteiger partial charge in [0.1, 0.15) is 0 Å². The van der Waals surface area contributed by atoms with Crippen LogP contribution in [0, 0.1) is 6.92 Å². The Morgan fingerprint density at radius 1 is 1.16 bits per heavy atom. The van der Waals surface area contributed by atoms with Crippen LogP contribution in [0.5, 0.6) is 0 Å². The molecule has 3 nitrogen and oxygen atoms in total. The van der Waals surface area contributed by atoms with Gasteiger partial charge in [-0.3, -0.25) is 0 Å². The van der Waals surface area contributed by atoms with Crippen LogP contribution in [-0.4, -0.2) is 26.5 Å². The van der Waals surface area contributed by atoms with E-state index >= 15 is 0 Å². The fourth-order valence-electron chi connectivity index (χ4n) is 2.20. The first-order chi connectivity index (χ1) is 9.00. The Morgan fingerprint density at radius 3 is 2.42 bits per heavy atom. The lowest BCUT2D eigenvalue weighted by Crippen LogP contribution is -2.30. The molecule has 1 aromatic carbocycles. The topological polar surface area (TPSA) is 46.2 Å². The number of nitrogens with one attached hydrogen (secondary N) is 1. The van der Waals surface area contributed by atoms with Crippen LogP contribution in [0.1, 0.15) is 43.9 Å². The van der Waals surface area contributed by atoms with Gasteiger partial charge in [-0.15, -0.1) is 0 Å². The molecule has 1 N–H and O–H groups in total. The van der Waals surface area contributed by atoms with E-state index in [2.05, 4.69) is 12.2 Å². The monoisotopic (exact) mass is 283 g/mol. The minimum absolute atomic E-state index is 0.0994. The lowest BCUT2D eigenvalue weighted by atomic mass is 10.0. The highest BCUT2D eigenvalue weighted by Gasteiger charge is 2.20. The van der Waals surface area contributed by atoms with Crippen molar-refractivity contribution in [2.24, 2.45) is 0 Å². The second kappa shape index (κ2) is 7.65. The van der Waals surface area contributed by atoms with Gasteiger partial charge in [0.25, 0.3) is 0 Å². The maximum Gasteiger partial charge on any atom is 0.152 e. The van der Waals surface area contributed by atoms with Crippen molar-refractivity contribution in [3.8, 4) is 0 Å². The highest BCUT2D eigenvalue weighted by molar-refractivity contribution is 7.91. The van der Waals surface area contributed by atoms with Crippen LogP contribution in [0.25, 0.3) is 0 Å². The summed E-state index contributed by atoms with van der Waals surface area (Å²) < 4.78 is 24.1. The van der Waals surface area contributed by atoms with E-state index < -0.39 is 9.84 Å². The number of aryl methyl sites for hydroxylation is 1. The van der Waals surface area contributed by atoms with E-state index in [9.17, 15) is 8.42 Å². The van der Waals surface area contributed by atoms with Crippen LogP contribution >= 0.6 is 0 Å². The van der Waals surface area contributed by atoms with E-state index in [0.29, 0.717) is 6.42 Å². The minimum Gasteiger partial charge on any atom is -0.309 e. The van der Waals surface area contributed by atoms with Crippen molar-refractivity contribution in [3.05, 3.63) is 35.4 Å². The number of sulfone groups is 1. The lowest BCUT2D eigenvalue weighted by Gasteiger charge is -2.20. The predicted molar refractivity (Wildman–Crippen MR) is 81.2 cm³/mol. The summed E-state index contributed by atoms with van der Waals surface area (Å²) in [6.45, 7) is 6.85. The number of rotatable bonds is 8. The Kier molecular flexibility index (Phi) is 6.52. The third-order valence-electron chi connectivity index (χ3n) is 3.14. The molecule has 0 fully saturated rings. The van der Waals surface area contributed by atoms with Crippen molar-refractivity contribution >= 4 is 9.84 Å². The molecule has 0 amide bonds. The van der Waals surface area contributed by atoms with Gasteiger partial charge in [-0.2, -0.15) is 0 Å². The molecule has 108 valence electrons. The molecule has 0 saturated carbocycles. The SMILES string of the molecule is CCCNC(CS(=O)(=O)CCC)c1ccccc1C. The number of hydrogen-bond donors (Lipinski definition) is 1. The second-order valence-electron chi connectivity index (χ2n) is 4.98. The first kappa shape index (κ1) is 16.2. The molecular weight excluding hydrogens is 258 g/mol. The van der Waals surface area contributed by atoms with Crippen molar-refractivity contribution < 1.29 is 8.42 Å². The third kappa shape index (κ3) is 5.33. The molecule has 19 heavy (non-hydrogen) atoms. The maximum absolute atomic E-state index is 12.0. The van der Waals surface area contributed by atoms with Gasteiger partial charge in [0.2, 0.25) is 0 Å². The largest absolute Gasteiger partial charge is 0.309 e. The summed E-state index contributed by atoms with van der Waals surface area (Å²) in [4.78, 5) is 0. The summed E-state index contributed by atoms with van der Waals surface area (Å²) in [6, 6.07) is 7.90. The first-order valence-electron chi connectivity index (χ1n) is 6.99. The smallest absolute Gasteiger partial charge is 0.152 e. The van der Waals surface area contributed by atoms with Crippen LogP contribution < -0.4 is 5.32 Å². The molecule has 1 aromatic rings. The van der Waals surface area contributed by atoms with Gasteiger partial charge >= 0.3 is 0 Å². The molecule has 1 atom stereocenters. The maximum atomic E-state index is 12.0. The molecule has 0 spiro atoms. The van der Waals surface area contributed by atoms with E-state index in [1.165, 1.54) is 0 Å². The summed E-state index contributed by atoms with van der Waals surface area (Å²) in [5.74, 6) is 0.453. The fourth-order valence-corrected chi connectivity index (χ4v) is 3.80. The molecule has 0 radical (unpaired) electrons. The predicted octanol–water partition coefficient (Wildman–Crippen LogP) is 2.86. The van der Waals surface area contributed by atoms with Gasteiger partial charge in [0.05, 0.1) is 5.75 Å². The van der Waals surface area contributed by atoms with Crippen LogP contribution in [0.4, 0.5) is 0 Å². The summed E-state index contributed by atoms with van der Waals surface area (Å²) in [6.07, 6.45) is 1.67. The third-order valence-corrected chi connectivity index (χ3v) is 5.01. The molecule has 0 bridgehead atoms. The van der Waals surface area contributed by atoms with E-state index in [-0.39, 0.29) is 17.5 Å². The molecule has 0 aliphatic heterocycles. The van der Waals surface area contributed by atoms with Crippen LogP contribution in [-0.2, 0) is 9.84 Å². The van der Waals surface area contributed by atoms with E-state index in [4.69, 9.17) is 0 Å². The van der Waals surface area contributed by atoms with Gasteiger partial charge in [0.15, 0.2) is 9.84 Å². The molecule has 1 rings (SSSR count). The quantitative estimate of drug-likeness (QED) is 0.798. The zero-order valence-electron chi connectivity index (χ0n) is 12.1. The van der Waals surface area contributed by atoms with Crippen LogP contribution in [0.2, 0.25) is 0 Å². The Hall–Kier alpha value is -0.870. The standard InChI is InChI=1S/C15H25NO2S/c1-4-10-16-15(12-19(17,18)11-5-2)14-9-7-6-8-13(14)3/h6-9,15-16H,4-5,10-12H2,1-3H3. The highest BCUT2D eigenvalue weighted by Crippen LogP contribution is 2.19. The molecule has 0 heterocycles. The average molecular weight is 283 g/mol. The average Bonchev–Trinajstić information content (AvgIpc) is 2.35. The van der Waals surface area contributed by atoms with E-state index in [1.54, 1.807) is 0 Å². The Labute approximate surface area is 117 Å². The molecule has 0 aliphatic carbocycles. The summed E-state index contributed by atoms with van der Waals surface area (Å²) in [7, 11) is -2.99. The molecule has 0 aromatic heterocycles. The van der Waals surface area contributed by atoms with Gasteiger partial charge in [0, 0.05) is 11.8 Å². The summed E-state index contributed by atoms with van der Waals surface area (Å²) in [5, 5.41) is 3.36. The molecule has 0 saturated heterocycles.